The Morgan fingerprint density at radius 1 is 1.88 bits per heavy atom. The molecule has 0 saturated heterocycles. The Balaban J connectivity index is 2.81. The van der Waals surface area contributed by atoms with Gasteiger partial charge in [-0.05, 0) is 6.92 Å². The lowest BCUT2D eigenvalue weighted by Crippen LogP contribution is -2.11. The fourth-order valence-corrected chi connectivity index (χ4v) is 0.287. The van der Waals surface area contributed by atoms with E-state index >= 15 is 0 Å². The Kier molecular flexibility index (Phi) is 4.50. The maximum atomic E-state index is 9.58. The van der Waals surface area contributed by atoms with Crippen molar-refractivity contribution in [2.24, 2.45) is 0 Å². The number of rotatable bonds is 4. The van der Waals surface area contributed by atoms with Gasteiger partial charge in [0.15, 0.2) is 0 Å². The highest BCUT2D eigenvalue weighted by atomic mass is 16.5. The molecule has 3 nitrogen and oxygen atoms in total. The Bertz CT molecular complexity index is 60.7. The summed E-state index contributed by atoms with van der Waals surface area (Å²) in [5, 5.41) is 8.54. The number of aldehydes is 1. The number of ether oxygens (including phenoxy) is 1. The van der Waals surface area contributed by atoms with E-state index in [1.54, 1.807) is 6.92 Å². The highest BCUT2D eigenvalue weighted by molar-refractivity contribution is 5.50. The second-order valence-corrected chi connectivity index (χ2v) is 1.55. The molecule has 0 aromatic heterocycles. The highest BCUT2D eigenvalue weighted by Gasteiger charge is 1.91. The minimum atomic E-state index is -0.477. The third-order valence-corrected chi connectivity index (χ3v) is 0.545. The van der Waals surface area contributed by atoms with Crippen molar-refractivity contribution in [3.8, 4) is 0 Å². The zero-order valence-electron chi connectivity index (χ0n) is 4.83. The van der Waals surface area contributed by atoms with Gasteiger partial charge in [0, 0.05) is 0 Å². The second-order valence-electron chi connectivity index (χ2n) is 1.55. The van der Waals surface area contributed by atoms with Crippen LogP contribution >= 0.6 is 0 Å². The zero-order valence-corrected chi connectivity index (χ0v) is 4.83. The first-order valence-electron chi connectivity index (χ1n) is 2.47. The van der Waals surface area contributed by atoms with Crippen LogP contribution in [0, 0.1) is 0 Å². The molecule has 3 heteroatoms. The average molecular weight is 118 g/mol. The summed E-state index contributed by atoms with van der Waals surface area (Å²) in [5.41, 5.74) is 0. The molecule has 1 N–H and O–H groups in total. The van der Waals surface area contributed by atoms with Crippen molar-refractivity contribution in [3.05, 3.63) is 0 Å². The van der Waals surface area contributed by atoms with Crippen LogP contribution in [0.25, 0.3) is 0 Å². The Morgan fingerprint density at radius 2 is 2.50 bits per heavy atom. The molecule has 0 spiro atoms. The molecule has 0 saturated carbocycles. The van der Waals surface area contributed by atoms with Crippen LogP contribution in [-0.2, 0) is 9.53 Å². The van der Waals surface area contributed by atoms with Gasteiger partial charge in [-0.25, -0.2) is 0 Å². The third-order valence-electron chi connectivity index (χ3n) is 0.545. The van der Waals surface area contributed by atoms with Crippen LogP contribution in [-0.4, -0.2) is 30.7 Å². The van der Waals surface area contributed by atoms with Crippen molar-refractivity contribution >= 4 is 6.29 Å². The SMILES string of the molecule is CC(O)COCC=O. The maximum Gasteiger partial charge on any atom is 0.145 e. The number of aliphatic hydroxyl groups excluding tert-OH is 1. The molecule has 0 aromatic rings. The summed E-state index contributed by atoms with van der Waals surface area (Å²) in [5.74, 6) is 0. The van der Waals surface area contributed by atoms with E-state index in [2.05, 4.69) is 4.74 Å². The van der Waals surface area contributed by atoms with Crippen LogP contribution in [0.5, 0.6) is 0 Å². The summed E-state index contributed by atoms with van der Waals surface area (Å²) in [4.78, 5) is 9.58. The zero-order chi connectivity index (χ0) is 6.41. The van der Waals surface area contributed by atoms with E-state index in [0.29, 0.717) is 6.29 Å². The smallest absolute Gasteiger partial charge is 0.145 e. The number of aliphatic hydroxyl groups is 1. The summed E-state index contributed by atoms with van der Waals surface area (Å²) in [6, 6.07) is 0. The topological polar surface area (TPSA) is 46.5 Å². The lowest BCUT2D eigenvalue weighted by molar-refractivity contribution is -0.112. The number of hydrogen-bond acceptors (Lipinski definition) is 3. The van der Waals surface area contributed by atoms with Crippen molar-refractivity contribution in [1.82, 2.24) is 0 Å². The fourth-order valence-electron chi connectivity index (χ4n) is 0.287. The van der Waals surface area contributed by atoms with Crippen LogP contribution in [0.2, 0.25) is 0 Å². The van der Waals surface area contributed by atoms with Gasteiger partial charge < -0.3 is 14.6 Å². The molecule has 0 aliphatic carbocycles. The minimum absolute atomic E-state index is 0.0743. The predicted octanol–water partition coefficient (Wildman–Crippen LogP) is -0.417. The molecule has 0 amide bonds. The molecule has 0 aliphatic heterocycles. The molecule has 0 rings (SSSR count). The summed E-state index contributed by atoms with van der Waals surface area (Å²) in [6.07, 6.45) is 0.178. The van der Waals surface area contributed by atoms with Gasteiger partial charge in [0.25, 0.3) is 0 Å². The van der Waals surface area contributed by atoms with Crippen LogP contribution in [0.1, 0.15) is 6.92 Å². The quantitative estimate of drug-likeness (QED) is 0.403. The molecule has 0 radical (unpaired) electrons. The molecule has 1 unspecified atom stereocenters. The first-order valence-corrected chi connectivity index (χ1v) is 2.47. The monoisotopic (exact) mass is 118 g/mol. The van der Waals surface area contributed by atoms with Gasteiger partial charge in [0.1, 0.15) is 12.9 Å². The van der Waals surface area contributed by atoms with Crippen LogP contribution in [0.3, 0.4) is 0 Å². The van der Waals surface area contributed by atoms with Gasteiger partial charge >= 0.3 is 0 Å². The summed E-state index contributed by atoms with van der Waals surface area (Å²) in [7, 11) is 0. The molecule has 0 bridgehead atoms. The van der Waals surface area contributed by atoms with Gasteiger partial charge in [-0.1, -0.05) is 0 Å². The molecule has 0 aliphatic rings. The molecule has 0 aromatic carbocycles. The highest BCUT2D eigenvalue weighted by Crippen LogP contribution is 1.79. The van der Waals surface area contributed by atoms with E-state index in [1.807, 2.05) is 0 Å². The second kappa shape index (κ2) is 4.74. The van der Waals surface area contributed by atoms with Gasteiger partial charge in [-0.15, -0.1) is 0 Å². The third kappa shape index (κ3) is 5.59. The van der Waals surface area contributed by atoms with Gasteiger partial charge in [0.2, 0.25) is 0 Å². The minimum Gasteiger partial charge on any atom is -0.391 e. The molecule has 8 heavy (non-hydrogen) atoms. The Hall–Kier alpha value is -0.410. The summed E-state index contributed by atoms with van der Waals surface area (Å²) < 4.78 is 4.63. The van der Waals surface area contributed by atoms with Crippen molar-refractivity contribution in [1.29, 1.82) is 0 Å². The van der Waals surface area contributed by atoms with Gasteiger partial charge in [-0.2, -0.15) is 0 Å². The van der Waals surface area contributed by atoms with Crippen LogP contribution in [0.4, 0.5) is 0 Å². The van der Waals surface area contributed by atoms with E-state index in [0.717, 1.165) is 0 Å². The lowest BCUT2D eigenvalue weighted by Gasteiger charge is -2.00. The number of carbonyl (C=O) groups excluding carboxylic acids is 1. The first-order chi connectivity index (χ1) is 3.77. The predicted molar refractivity (Wildman–Crippen MR) is 28.6 cm³/mol. The lowest BCUT2D eigenvalue weighted by atomic mass is 10.4. The van der Waals surface area contributed by atoms with Crippen molar-refractivity contribution in [3.63, 3.8) is 0 Å². The van der Waals surface area contributed by atoms with E-state index < -0.39 is 6.10 Å². The van der Waals surface area contributed by atoms with Gasteiger partial charge in [0.05, 0.1) is 12.7 Å². The van der Waals surface area contributed by atoms with Gasteiger partial charge in [-0.3, -0.25) is 0 Å². The van der Waals surface area contributed by atoms with E-state index in [9.17, 15) is 4.79 Å². The standard InChI is InChI=1S/C5H10O3/c1-5(7)4-8-3-2-6/h2,5,7H,3-4H2,1H3. The van der Waals surface area contributed by atoms with Crippen molar-refractivity contribution < 1.29 is 14.6 Å². The first kappa shape index (κ1) is 7.59. The molecule has 1 atom stereocenters. The molecular weight excluding hydrogens is 108 g/mol. The maximum absolute atomic E-state index is 9.58. The Morgan fingerprint density at radius 3 is 2.88 bits per heavy atom. The van der Waals surface area contributed by atoms with E-state index in [1.165, 1.54) is 0 Å². The van der Waals surface area contributed by atoms with E-state index in [-0.39, 0.29) is 13.2 Å². The molecule has 48 valence electrons. The summed E-state index contributed by atoms with van der Waals surface area (Å²) in [6.45, 7) is 1.91. The average Bonchev–Trinajstić information content (AvgIpc) is 1.66. The molecule has 0 fully saturated rings. The van der Waals surface area contributed by atoms with Crippen molar-refractivity contribution in [2.45, 2.75) is 13.0 Å². The van der Waals surface area contributed by atoms with E-state index in [4.69, 9.17) is 5.11 Å². The molecule has 0 heterocycles. The normalized spacial score (nSPS) is 13.2. The Labute approximate surface area is 48.3 Å². The molecular formula is C5H10O3. The number of carbonyl (C=O) groups is 1. The van der Waals surface area contributed by atoms with Crippen molar-refractivity contribution in [2.75, 3.05) is 13.2 Å². The summed E-state index contributed by atoms with van der Waals surface area (Å²) >= 11 is 0. The number of hydrogen-bond donors (Lipinski definition) is 1. The fraction of sp³-hybridized carbons (Fsp3) is 0.800. The largest absolute Gasteiger partial charge is 0.391 e. The van der Waals surface area contributed by atoms with Crippen LogP contribution in [0.15, 0.2) is 0 Å². The van der Waals surface area contributed by atoms with Crippen LogP contribution < -0.4 is 0 Å².